The van der Waals surface area contributed by atoms with Crippen LogP contribution in [0, 0.1) is 0 Å². The van der Waals surface area contributed by atoms with E-state index in [4.69, 9.17) is 0 Å². The molecule has 2 aliphatic rings. The quantitative estimate of drug-likeness (QED) is 0.520. The molecule has 0 amide bonds. The van der Waals surface area contributed by atoms with Crippen molar-refractivity contribution in [2.24, 2.45) is 0 Å². The first-order chi connectivity index (χ1) is 5.02. The van der Waals surface area contributed by atoms with Crippen LogP contribution in [0.1, 0.15) is 27.7 Å². The molecule has 0 radical (unpaired) electrons. The fraction of sp³-hybridized carbons (Fsp3) is 1.00. The summed E-state index contributed by atoms with van der Waals surface area (Å²) >= 11 is 0. The van der Waals surface area contributed by atoms with Crippen LogP contribution in [0.25, 0.3) is 0 Å². The highest BCUT2D eigenvalue weighted by Gasteiger charge is 2.58. The zero-order chi connectivity index (χ0) is 8.22. The van der Waals surface area contributed by atoms with Gasteiger partial charge in [-0.2, -0.15) is 0 Å². The molecular weight excluding hydrogens is 136 g/mol. The van der Waals surface area contributed by atoms with Gasteiger partial charge in [0, 0.05) is 30.2 Å². The highest BCUT2D eigenvalue weighted by atomic mass is 15.4. The van der Waals surface area contributed by atoms with Gasteiger partial charge in [-0.25, -0.2) is 0 Å². The lowest BCUT2D eigenvalue weighted by molar-refractivity contribution is 0.238. The van der Waals surface area contributed by atoms with Gasteiger partial charge in [0.15, 0.2) is 0 Å². The minimum Gasteiger partial charge on any atom is -0.311 e. The second-order valence-electron chi connectivity index (χ2n) is 4.83. The van der Waals surface area contributed by atoms with E-state index >= 15 is 0 Å². The number of rotatable bonds is 0. The summed E-state index contributed by atoms with van der Waals surface area (Å²) < 4.78 is 0. The average molecular weight is 154 g/mol. The summed E-state index contributed by atoms with van der Waals surface area (Å²) in [5.41, 5.74) is 0.381. The molecule has 0 aromatic heterocycles. The van der Waals surface area contributed by atoms with Crippen LogP contribution in [-0.2, 0) is 0 Å². The number of fused-ring (bicyclic) bond motifs is 1. The van der Waals surface area contributed by atoms with E-state index in [1.54, 1.807) is 0 Å². The van der Waals surface area contributed by atoms with Crippen LogP contribution in [-0.4, -0.2) is 35.1 Å². The van der Waals surface area contributed by atoms with Crippen LogP contribution >= 0.6 is 0 Å². The third-order valence-corrected chi connectivity index (χ3v) is 2.92. The molecule has 1 N–H and O–H groups in total. The summed E-state index contributed by atoms with van der Waals surface area (Å²) in [6.45, 7) is 10.4. The number of nitrogens with one attached hydrogen (secondary N) is 1. The van der Waals surface area contributed by atoms with Crippen molar-refractivity contribution in [1.29, 1.82) is 0 Å². The molecule has 1 unspecified atom stereocenters. The minimum atomic E-state index is 0.381. The number of nitrogens with zero attached hydrogens (tertiary/aromatic N) is 1. The first-order valence-corrected chi connectivity index (χ1v) is 4.53. The van der Waals surface area contributed by atoms with E-state index in [1.807, 2.05) is 0 Å². The zero-order valence-electron chi connectivity index (χ0n) is 7.89. The fourth-order valence-corrected chi connectivity index (χ4v) is 2.47. The predicted molar refractivity (Wildman–Crippen MR) is 46.6 cm³/mol. The molecule has 0 spiro atoms. The Morgan fingerprint density at radius 1 is 1.36 bits per heavy atom. The third kappa shape index (κ3) is 1.00. The summed E-state index contributed by atoms with van der Waals surface area (Å²) in [6, 6.07) is 2.37. The molecule has 4 atom stereocenters. The Bertz CT molecular complexity index is 171. The molecular formula is C9H18N2. The maximum atomic E-state index is 3.48. The van der Waals surface area contributed by atoms with Crippen LogP contribution in [0.3, 0.4) is 0 Å². The Balaban J connectivity index is 2.04. The van der Waals surface area contributed by atoms with Gasteiger partial charge in [-0.05, 0) is 27.7 Å². The highest BCUT2D eigenvalue weighted by molar-refractivity contribution is 5.17. The van der Waals surface area contributed by atoms with Crippen molar-refractivity contribution < 1.29 is 0 Å². The van der Waals surface area contributed by atoms with E-state index in [-0.39, 0.29) is 0 Å². The van der Waals surface area contributed by atoms with E-state index < -0.39 is 0 Å². The number of piperazine rings is 1. The lowest BCUT2D eigenvalue weighted by atomic mass is 10.1. The summed E-state index contributed by atoms with van der Waals surface area (Å²) in [5.74, 6) is 0. The average Bonchev–Trinajstić information content (AvgIpc) is 2.47. The Kier molecular flexibility index (Phi) is 1.37. The molecule has 0 aliphatic carbocycles. The summed E-state index contributed by atoms with van der Waals surface area (Å²) in [6.07, 6.45) is 0. The van der Waals surface area contributed by atoms with Crippen molar-refractivity contribution in [3.05, 3.63) is 0 Å². The first kappa shape index (κ1) is 7.56. The van der Waals surface area contributed by atoms with E-state index in [9.17, 15) is 0 Å². The lowest BCUT2D eigenvalue weighted by Gasteiger charge is -2.26. The van der Waals surface area contributed by atoms with Gasteiger partial charge < -0.3 is 5.32 Å². The van der Waals surface area contributed by atoms with Crippen LogP contribution in [0.4, 0.5) is 0 Å². The molecule has 0 saturated carbocycles. The van der Waals surface area contributed by atoms with Crippen LogP contribution < -0.4 is 5.32 Å². The maximum absolute atomic E-state index is 3.48. The fourth-order valence-electron chi connectivity index (χ4n) is 2.47. The summed E-state index contributed by atoms with van der Waals surface area (Å²) in [4.78, 5) is 2.62. The topological polar surface area (TPSA) is 15.0 Å². The molecule has 64 valence electrons. The Morgan fingerprint density at radius 3 is 2.27 bits per heavy atom. The van der Waals surface area contributed by atoms with Gasteiger partial charge >= 0.3 is 0 Å². The van der Waals surface area contributed by atoms with Crippen molar-refractivity contribution in [1.82, 2.24) is 10.2 Å². The molecule has 2 aliphatic heterocycles. The normalized spacial score (nSPS) is 49.1. The van der Waals surface area contributed by atoms with Crippen molar-refractivity contribution in [3.63, 3.8) is 0 Å². The molecule has 0 aromatic rings. The van der Waals surface area contributed by atoms with Crippen molar-refractivity contribution in [2.45, 2.75) is 51.4 Å². The van der Waals surface area contributed by atoms with Gasteiger partial charge in [0.2, 0.25) is 0 Å². The standard InChI is InChI=1S/C9H18N2/c1-6-8-7(5-10-6)11(8)9(2,3)4/h6-8,10H,5H2,1-4H3/t6-,7-,8+,11?/m1/s1. The molecule has 2 fully saturated rings. The third-order valence-electron chi connectivity index (χ3n) is 2.92. The Hall–Kier alpha value is -0.0800. The molecule has 2 rings (SSSR count). The van der Waals surface area contributed by atoms with Crippen molar-refractivity contribution in [2.75, 3.05) is 6.54 Å². The smallest absolute Gasteiger partial charge is 0.0424 e. The van der Waals surface area contributed by atoms with Gasteiger partial charge in [-0.3, -0.25) is 4.90 Å². The van der Waals surface area contributed by atoms with Crippen LogP contribution in [0.15, 0.2) is 0 Å². The maximum Gasteiger partial charge on any atom is 0.0424 e. The predicted octanol–water partition coefficient (Wildman–Crippen LogP) is 0.829. The molecule has 2 heterocycles. The first-order valence-electron chi connectivity index (χ1n) is 4.53. The van der Waals surface area contributed by atoms with Gasteiger partial charge in [0.1, 0.15) is 0 Å². The molecule has 2 heteroatoms. The van der Waals surface area contributed by atoms with Gasteiger partial charge in [0.25, 0.3) is 0 Å². The second-order valence-corrected chi connectivity index (χ2v) is 4.83. The second kappa shape index (κ2) is 1.99. The van der Waals surface area contributed by atoms with Crippen LogP contribution in [0.5, 0.6) is 0 Å². The van der Waals surface area contributed by atoms with E-state index in [0.717, 1.165) is 12.1 Å². The monoisotopic (exact) mass is 154 g/mol. The largest absolute Gasteiger partial charge is 0.311 e. The Morgan fingerprint density at radius 2 is 2.00 bits per heavy atom. The van der Waals surface area contributed by atoms with Crippen molar-refractivity contribution >= 4 is 0 Å². The molecule has 11 heavy (non-hydrogen) atoms. The molecule has 2 nitrogen and oxygen atoms in total. The summed E-state index contributed by atoms with van der Waals surface area (Å²) in [7, 11) is 0. The van der Waals surface area contributed by atoms with E-state index in [0.29, 0.717) is 11.6 Å². The van der Waals surface area contributed by atoms with Gasteiger partial charge in [-0.15, -0.1) is 0 Å². The number of hydrogen-bond donors (Lipinski definition) is 1. The highest BCUT2D eigenvalue weighted by Crippen LogP contribution is 2.41. The van der Waals surface area contributed by atoms with E-state index in [2.05, 4.69) is 37.9 Å². The summed E-state index contributed by atoms with van der Waals surface area (Å²) in [5, 5.41) is 3.48. The SMILES string of the molecule is C[C@H]1NC[C@@H]2[C@H]1N2C(C)(C)C. The zero-order valence-corrected chi connectivity index (χ0v) is 7.89. The van der Waals surface area contributed by atoms with Crippen LogP contribution in [0.2, 0.25) is 0 Å². The minimum absolute atomic E-state index is 0.381. The molecule has 0 bridgehead atoms. The number of hydrogen-bond acceptors (Lipinski definition) is 2. The van der Waals surface area contributed by atoms with Gasteiger partial charge in [-0.1, -0.05) is 0 Å². The van der Waals surface area contributed by atoms with Gasteiger partial charge in [0.05, 0.1) is 0 Å². The van der Waals surface area contributed by atoms with Crippen molar-refractivity contribution in [3.8, 4) is 0 Å². The molecule has 2 saturated heterocycles. The molecule has 0 aromatic carbocycles. The Labute approximate surface area is 69.0 Å². The van der Waals surface area contributed by atoms with E-state index in [1.165, 1.54) is 6.54 Å². The lowest BCUT2D eigenvalue weighted by Crippen LogP contribution is -2.39.